The van der Waals surface area contributed by atoms with E-state index in [2.05, 4.69) is 0 Å². The summed E-state index contributed by atoms with van der Waals surface area (Å²) in [6.45, 7) is 5.34. The smallest absolute Gasteiger partial charge is 0.245 e. The summed E-state index contributed by atoms with van der Waals surface area (Å²) in [5.74, 6) is -0.830. The van der Waals surface area contributed by atoms with Gasteiger partial charge in [-0.15, -0.1) is 0 Å². The van der Waals surface area contributed by atoms with Crippen molar-refractivity contribution in [1.29, 1.82) is 0 Å². The monoisotopic (exact) mass is 352 g/mol. The van der Waals surface area contributed by atoms with Crippen LogP contribution in [-0.4, -0.2) is 30.5 Å². The fourth-order valence-electron chi connectivity index (χ4n) is 3.72. The largest absolute Gasteiger partial charge is 0.384 e. The highest BCUT2D eigenvalue weighted by Crippen LogP contribution is 2.50. The van der Waals surface area contributed by atoms with E-state index < -0.39 is 22.8 Å². The fourth-order valence-corrected chi connectivity index (χ4v) is 3.72. The van der Waals surface area contributed by atoms with Gasteiger partial charge in [0.2, 0.25) is 11.8 Å². The zero-order valence-electron chi connectivity index (χ0n) is 15.6. The molecule has 2 amide bonds. The summed E-state index contributed by atoms with van der Waals surface area (Å²) in [6.07, 6.45) is 0. The van der Waals surface area contributed by atoms with Crippen molar-refractivity contribution in [2.45, 2.75) is 26.4 Å². The Balaban J connectivity index is 2.16. The second-order valence-corrected chi connectivity index (χ2v) is 6.96. The molecule has 2 atom stereocenters. The van der Waals surface area contributed by atoms with Crippen LogP contribution in [0.25, 0.3) is 0 Å². The number of benzene rings is 2. The van der Waals surface area contributed by atoms with Gasteiger partial charge in [0.25, 0.3) is 0 Å². The van der Waals surface area contributed by atoms with Crippen LogP contribution in [0.3, 0.4) is 0 Å². The Morgan fingerprint density at radius 2 is 1.65 bits per heavy atom. The Hall–Kier alpha value is -2.66. The van der Waals surface area contributed by atoms with Crippen LogP contribution in [0, 0.1) is 5.41 Å². The van der Waals surface area contributed by atoms with Gasteiger partial charge in [-0.1, -0.05) is 36.4 Å². The number of amides is 2. The molecule has 1 heterocycles. The minimum Gasteiger partial charge on any atom is -0.384 e. The molecule has 0 spiro atoms. The number of nitrogens with zero attached hydrogens (tertiary/aromatic N) is 2. The van der Waals surface area contributed by atoms with E-state index in [0.717, 1.165) is 0 Å². The van der Waals surface area contributed by atoms with Crippen LogP contribution in [0.1, 0.15) is 26.3 Å². The van der Waals surface area contributed by atoms with Gasteiger partial charge in [0, 0.05) is 30.5 Å². The molecule has 5 heteroatoms. The van der Waals surface area contributed by atoms with E-state index in [1.54, 1.807) is 37.1 Å². The number of carbonyl (C=O) groups excluding carboxylic acids is 2. The Morgan fingerprint density at radius 1 is 1.08 bits per heavy atom. The number of rotatable bonds is 3. The normalized spacial score (nSPS) is 25.0. The van der Waals surface area contributed by atoms with Gasteiger partial charge in [0.1, 0.15) is 5.60 Å². The van der Waals surface area contributed by atoms with Gasteiger partial charge in [-0.3, -0.25) is 9.59 Å². The third-order valence-corrected chi connectivity index (χ3v) is 5.55. The highest BCUT2D eigenvalue weighted by molar-refractivity contribution is 6.18. The molecule has 0 saturated carbocycles. The first kappa shape index (κ1) is 18.1. The van der Waals surface area contributed by atoms with Crippen LogP contribution in [0.15, 0.2) is 54.6 Å². The number of hydrogen-bond acceptors (Lipinski definition) is 3. The summed E-state index contributed by atoms with van der Waals surface area (Å²) in [6, 6.07) is 16.4. The second-order valence-electron chi connectivity index (χ2n) is 6.96. The van der Waals surface area contributed by atoms with Gasteiger partial charge in [-0.25, -0.2) is 0 Å². The molecule has 0 saturated heterocycles. The molecule has 1 N–H and O–H groups in total. The molecule has 136 valence electrons. The average Bonchev–Trinajstić information content (AvgIpc) is 2.66. The number of fused-ring (bicyclic) bond motifs is 1. The minimum absolute atomic E-state index is 0.396. The number of anilines is 2. The quantitative estimate of drug-likeness (QED) is 0.864. The molecular weight excluding hydrogens is 328 g/mol. The lowest BCUT2D eigenvalue weighted by Crippen LogP contribution is -2.64. The summed E-state index contributed by atoms with van der Waals surface area (Å²) in [7, 11) is 1.64. The van der Waals surface area contributed by atoms with E-state index in [9.17, 15) is 14.7 Å². The van der Waals surface area contributed by atoms with E-state index in [-0.39, 0.29) is 0 Å². The Morgan fingerprint density at radius 3 is 2.27 bits per heavy atom. The maximum atomic E-state index is 13.6. The van der Waals surface area contributed by atoms with Crippen LogP contribution in [0.2, 0.25) is 0 Å². The summed E-state index contributed by atoms with van der Waals surface area (Å²) >= 11 is 0. The summed E-state index contributed by atoms with van der Waals surface area (Å²) in [5.41, 5.74) is -1.38. The molecule has 3 rings (SSSR count). The zero-order chi connectivity index (χ0) is 19.1. The molecule has 1 aliphatic rings. The molecule has 26 heavy (non-hydrogen) atoms. The average molecular weight is 352 g/mol. The SMILES string of the molecule is CCN(C(=O)C1(C)C(=O)N(C)c2ccccc2C1(C)O)c1ccccc1. The van der Waals surface area contributed by atoms with Crippen molar-refractivity contribution in [1.82, 2.24) is 0 Å². The van der Waals surface area contributed by atoms with Crippen molar-refractivity contribution >= 4 is 23.2 Å². The first-order valence-corrected chi connectivity index (χ1v) is 8.73. The van der Waals surface area contributed by atoms with Gasteiger partial charge in [-0.05, 0) is 39.0 Å². The van der Waals surface area contributed by atoms with E-state index in [0.29, 0.717) is 23.5 Å². The molecule has 0 aliphatic carbocycles. The molecule has 0 radical (unpaired) electrons. The van der Waals surface area contributed by atoms with Crippen molar-refractivity contribution in [3.05, 3.63) is 60.2 Å². The van der Waals surface area contributed by atoms with Gasteiger partial charge in [0.05, 0.1) is 0 Å². The predicted octanol–water partition coefficient (Wildman–Crippen LogP) is 2.93. The van der Waals surface area contributed by atoms with Crippen molar-refractivity contribution < 1.29 is 14.7 Å². The van der Waals surface area contributed by atoms with E-state index in [1.807, 2.05) is 43.3 Å². The molecular formula is C21H24N2O3. The number of para-hydroxylation sites is 2. The maximum Gasteiger partial charge on any atom is 0.245 e. The van der Waals surface area contributed by atoms with E-state index in [1.165, 1.54) is 11.8 Å². The van der Waals surface area contributed by atoms with Gasteiger partial charge in [-0.2, -0.15) is 0 Å². The van der Waals surface area contributed by atoms with Crippen LogP contribution in [0.4, 0.5) is 11.4 Å². The fraction of sp³-hybridized carbons (Fsp3) is 0.333. The first-order valence-electron chi connectivity index (χ1n) is 8.73. The minimum atomic E-state index is -1.64. The Bertz CT molecular complexity index is 847. The van der Waals surface area contributed by atoms with E-state index in [4.69, 9.17) is 0 Å². The van der Waals surface area contributed by atoms with Crippen LogP contribution in [0.5, 0.6) is 0 Å². The predicted molar refractivity (Wildman–Crippen MR) is 102 cm³/mol. The summed E-state index contributed by atoms with van der Waals surface area (Å²) in [4.78, 5) is 29.8. The number of carbonyl (C=O) groups is 2. The lowest BCUT2D eigenvalue weighted by Gasteiger charge is -2.49. The van der Waals surface area contributed by atoms with E-state index >= 15 is 0 Å². The topological polar surface area (TPSA) is 60.9 Å². The number of hydrogen-bond donors (Lipinski definition) is 1. The molecule has 0 bridgehead atoms. The van der Waals surface area contributed by atoms with Crippen LogP contribution >= 0.6 is 0 Å². The summed E-state index contributed by atoms with van der Waals surface area (Å²) in [5, 5.41) is 11.4. The third kappa shape index (κ3) is 2.35. The lowest BCUT2D eigenvalue weighted by atomic mass is 9.65. The molecule has 2 unspecified atom stereocenters. The standard InChI is InChI=1S/C21H24N2O3/c1-5-23(15-11-7-6-8-12-15)19(25)20(2)18(24)22(4)17-14-10-9-13-16(17)21(20,3)26/h6-14,26H,5H2,1-4H3. The first-order chi connectivity index (χ1) is 12.3. The number of aliphatic hydroxyl groups is 1. The van der Waals surface area contributed by atoms with Crippen molar-refractivity contribution in [3.63, 3.8) is 0 Å². The van der Waals surface area contributed by atoms with Gasteiger partial charge < -0.3 is 14.9 Å². The van der Waals surface area contributed by atoms with Crippen molar-refractivity contribution in [2.75, 3.05) is 23.4 Å². The molecule has 0 aromatic heterocycles. The molecule has 2 aromatic carbocycles. The van der Waals surface area contributed by atoms with Crippen LogP contribution in [-0.2, 0) is 15.2 Å². The second kappa shape index (κ2) is 6.25. The maximum absolute atomic E-state index is 13.6. The van der Waals surface area contributed by atoms with Crippen LogP contribution < -0.4 is 9.80 Å². The van der Waals surface area contributed by atoms with Crippen molar-refractivity contribution in [2.24, 2.45) is 5.41 Å². The molecule has 2 aromatic rings. The summed E-state index contributed by atoms with van der Waals surface area (Å²) < 4.78 is 0. The van der Waals surface area contributed by atoms with Crippen molar-refractivity contribution in [3.8, 4) is 0 Å². The molecule has 5 nitrogen and oxygen atoms in total. The third-order valence-electron chi connectivity index (χ3n) is 5.55. The molecule has 0 fully saturated rings. The molecule has 1 aliphatic heterocycles. The van der Waals surface area contributed by atoms with Gasteiger partial charge >= 0.3 is 0 Å². The Labute approximate surface area is 153 Å². The lowest BCUT2D eigenvalue weighted by molar-refractivity contribution is -0.159. The Kier molecular flexibility index (Phi) is 4.36. The highest BCUT2D eigenvalue weighted by atomic mass is 16.3. The van der Waals surface area contributed by atoms with Gasteiger partial charge in [0.15, 0.2) is 5.41 Å². The highest BCUT2D eigenvalue weighted by Gasteiger charge is 2.61. The zero-order valence-corrected chi connectivity index (χ0v) is 15.6.